The lowest BCUT2D eigenvalue weighted by Crippen LogP contribution is -2.54. The molecule has 2 heteroatoms. The zero-order valence-corrected chi connectivity index (χ0v) is 17.5. The van der Waals surface area contributed by atoms with Gasteiger partial charge in [0.1, 0.15) is 0 Å². The average molecular weight is 369 g/mol. The summed E-state index contributed by atoms with van der Waals surface area (Å²) < 4.78 is 0. The molecule has 0 aliphatic heterocycles. The molecule has 0 heterocycles. The van der Waals surface area contributed by atoms with Crippen LogP contribution in [0.5, 0.6) is 0 Å². The van der Waals surface area contributed by atoms with Gasteiger partial charge in [0.15, 0.2) is 0 Å². The minimum Gasteiger partial charge on any atom is -0.393 e. The number of hydrogen-bond donors (Lipinski definition) is 2. The van der Waals surface area contributed by atoms with Gasteiger partial charge in [0.2, 0.25) is 0 Å². The summed E-state index contributed by atoms with van der Waals surface area (Å²) >= 11 is 0. The van der Waals surface area contributed by atoms with Crippen molar-refractivity contribution in [3.8, 4) is 11.8 Å². The van der Waals surface area contributed by atoms with E-state index in [1.807, 2.05) is 6.92 Å². The number of allylic oxidation sites excluding steroid dienone is 2. The van der Waals surface area contributed by atoms with Gasteiger partial charge in [0.25, 0.3) is 0 Å². The van der Waals surface area contributed by atoms with Crippen molar-refractivity contribution in [3.63, 3.8) is 0 Å². The van der Waals surface area contributed by atoms with Crippen molar-refractivity contribution in [3.05, 3.63) is 23.3 Å². The number of fused-ring (bicyclic) bond motifs is 5. The summed E-state index contributed by atoms with van der Waals surface area (Å²) in [5.74, 6) is 8.29. The van der Waals surface area contributed by atoms with Gasteiger partial charge in [-0.1, -0.05) is 44.1 Å². The maximum Gasteiger partial charge on any atom is 0.0757 e. The molecule has 0 radical (unpaired) electrons. The zero-order chi connectivity index (χ0) is 19.4. The Balaban J connectivity index is 1.64. The van der Waals surface area contributed by atoms with Crippen LogP contribution in [0.4, 0.5) is 0 Å². The fourth-order valence-electron chi connectivity index (χ4n) is 7.36. The van der Waals surface area contributed by atoms with Crippen LogP contribution in [0.15, 0.2) is 23.3 Å². The highest BCUT2D eigenvalue weighted by atomic mass is 16.3. The maximum absolute atomic E-state index is 11.2. The average Bonchev–Trinajstić information content (AvgIpc) is 2.98. The van der Waals surface area contributed by atoms with Gasteiger partial charge in [0, 0.05) is 6.42 Å². The van der Waals surface area contributed by atoms with Gasteiger partial charge in [-0.2, -0.15) is 0 Å². The Labute approximate surface area is 165 Å². The summed E-state index contributed by atoms with van der Waals surface area (Å²) in [5.41, 5.74) is 3.32. The fraction of sp³-hybridized carbons (Fsp3) is 0.760. The van der Waals surface area contributed by atoms with E-state index in [2.05, 4.69) is 44.8 Å². The molecule has 148 valence electrons. The molecule has 4 rings (SSSR count). The van der Waals surface area contributed by atoms with Crippen LogP contribution in [0.25, 0.3) is 0 Å². The Kier molecular flexibility index (Phi) is 4.84. The highest BCUT2D eigenvalue weighted by Gasteiger charge is 2.59. The fourth-order valence-corrected chi connectivity index (χ4v) is 7.36. The molecule has 2 N–H and O–H groups in total. The van der Waals surface area contributed by atoms with Crippen molar-refractivity contribution in [1.29, 1.82) is 0 Å². The Hall–Kier alpha value is -1.04. The Bertz CT molecular complexity index is 722. The number of aliphatic hydroxyl groups is 2. The van der Waals surface area contributed by atoms with Crippen LogP contribution in [-0.2, 0) is 0 Å². The number of aliphatic hydroxyl groups excluding tert-OH is 2. The van der Waals surface area contributed by atoms with Crippen LogP contribution in [0.2, 0.25) is 0 Å². The van der Waals surface area contributed by atoms with Gasteiger partial charge in [-0.25, -0.2) is 0 Å². The van der Waals surface area contributed by atoms with Crippen molar-refractivity contribution >= 4 is 0 Å². The van der Waals surface area contributed by atoms with Gasteiger partial charge in [-0.15, -0.1) is 11.8 Å². The molecule has 0 saturated heterocycles. The minimum atomic E-state index is -0.355. The predicted molar refractivity (Wildman–Crippen MR) is 110 cm³/mol. The third-order valence-corrected chi connectivity index (χ3v) is 8.86. The minimum absolute atomic E-state index is 0.173. The maximum atomic E-state index is 11.2. The highest BCUT2D eigenvalue weighted by molar-refractivity contribution is 5.33. The van der Waals surface area contributed by atoms with Gasteiger partial charge in [0.05, 0.1) is 12.2 Å². The van der Waals surface area contributed by atoms with Crippen molar-refractivity contribution in [2.75, 3.05) is 0 Å². The van der Waals surface area contributed by atoms with Gasteiger partial charge >= 0.3 is 0 Å². The second-order valence-electron chi connectivity index (χ2n) is 10.2. The quantitative estimate of drug-likeness (QED) is 0.539. The molecule has 0 aromatic rings. The smallest absolute Gasteiger partial charge is 0.0757 e. The van der Waals surface area contributed by atoms with Crippen LogP contribution in [0.1, 0.15) is 72.6 Å². The monoisotopic (exact) mass is 368 g/mol. The largest absolute Gasteiger partial charge is 0.393 e. The second-order valence-corrected chi connectivity index (χ2v) is 10.2. The Morgan fingerprint density at radius 3 is 2.63 bits per heavy atom. The molecular formula is C25H36O2. The van der Waals surface area contributed by atoms with Crippen molar-refractivity contribution in [2.24, 2.45) is 34.5 Å². The molecule has 27 heavy (non-hydrogen) atoms. The first-order valence-electron chi connectivity index (χ1n) is 11.0. The number of rotatable bonds is 2. The molecule has 0 amide bonds. The molecule has 0 bridgehead atoms. The topological polar surface area (TPSA) is 40.5 Å². The summed E-state index contributed by atoms with van der Waals surface area (Å²) in [7, 11) is 0. The van der Waals surface area contributed by atoms with Crippen LogP contribution in [0.3, 0.4) is 0 Å². The zero-order valence-electron chi connectivity index (χ0n) is 17.5. The third-order valence-electron chi connectivity index (χ3n) is 8.86. The Morgan fingerprint density at radius 2 is 1.89 bits per heavy atom. The lowest BCUT2D eigenvalue weighted by molar-refractivity contribution is -0.0789. The first kappa shape index (κ1) is 19.3. The van der Waals surface area contributed by atoms with E-state index in [9.17, 15) is 10.2 Å². The van der Waals surface area contributed by atoms with E-state index in [-0.39, 0.29) is 23.0 Å². The van der Waals surface area contributed by atoms with Gasteiger partial charge in [-0.05, 0) is 80.0 Å². The van der Waals surface area contributed by atoms with E-state index < -0.39 is 0 Å². The van der Waals surface area contributed by atoms with Crippen molar-refractivity contribution < 1.29 is 10.2 Å². The Morgan fingerprint density at radius 1 is 1.15 bits per heavy atom. The second kappa shape index (κ2) is 6.78. The van der Waals surface area contributed by atoms with E-state index in [0.29, 0.717) is 23.7 Å². The molecule has 0 aromatic carbocycles. The molecule has 4 aliphatic rings. The summed E-state index contributed by atoms with van der Waals surface area (Å²) in [6, 6.07) is 0. The lowest BCUT2D eigenvalue weighted by Gasteiger charge is -2.59. The first-order chi connectivity index (χ1) is 12.8. The van der Waals surface area contributed by atoms with Crippen LogP contribution in [0, 0.1) is 46.3 Å². The molecule has 2 saturated carbocycles. The normalized spacial score (nSPS) is 46.8. The standard InChI is InChI=1S/C25H36O2/c1-5-6-7-16(2)19-8-9-20-23-21(11-13-25(19,20)4)24(3)12-10-18(26)14-17(24)15-22(23)27/h8,15-16,18,20-23,26-27H,7,9-14H2,1-4H3/t16-,18+,20+,21+,22-,23+,24+,25-/m1/s1. The molecule has 2 fully saturated rings. The van der Waals surface area contributed by atoms with E-state index in [1.54, 1.807) is 5.57 Å². The van der Waals surface area contributed by atoms with E-state index in [0.717, 1.165) is 32.1 Å². The van der Waals surface area contributed by atoms with Crippen LogP contribution in [-0.4, -0.2) is 22.4 Å². The molecule has 0 aromatic heterocycles. The van der Waals surface area contributed by atoms with E-state index in [1.165, 1.54) is 18.4 Å². The lowest BCUT2D eigenvalue weighted by atomic mass is 9.46. The summed E-state index contributed by atoms with van der Waals surface area (Å²) in [5, 5.41) is 21.3. The summed E-state index contributed by atoms with van der Waals surface area (Å²) in [6.45, 7) is 9.13. The molecule has 2 nitrogen and oxygen atoms in total. The molecule has 4 aliphatic carbocycles. The first-order valence-corrected chi connectivity index (χ1v) is 11.0. The highest BCUT2D eigenvalue weighted by Crippen LogP contribution is 2.65. The van der Waals surface area contributed by atoms with E-state index in [4.69, 9.17) is 0 Å². The SMILES string of the molecule is CC#CC[C@@H](C)C1=CC[C@H]2[C@@H]3[C@H](O)C=C4C[C@@H](O)CC[C@]4(C)[C@H]3CC[C@]12C. The van der Waals surface area contributed by atoms with Crippen molar-refractivity contribution in [1.82, 2.24) is 0 Å². The van der Waals surface area contributed by atoms with Gasteiger partial charge < -0.3 is 10.2 Å². The third kappa shape index (κ3) is 2.85. The van der Waals surface area contributed by atoms with Crippen LogP contribution >= 0.6 is 0 Å². The molecule has 0 spiro atoms. The van der Waals surface area contributed by atoms with Gasteiger partial charge in [-0.3, -0.25) is 0 Å². The molecule has 0 unspecified atom stereocenters. The van der Waals surface area contributed by atoms with E-state index >= 15 is 0 Å². The molecule has 8 atom stereocenters. The summed E-state index contributed by atoms with van der Waals surface area (Å²) in [4.78, 5) is 0. The predicted octanol–water partition coefficient (Wildman–Crippen LogP) is 4.87. The van der Waals surface area contributed by atoms with Crippen LogP contribution < -0.4 is 0 Å². The van der Waals surface area contributed by atoms with Crippen molar-refractivity contribution in [2.45, 2.75) is 84.8 Å². The number of hydrogen-bond acceptors (Lipinski definition) is 2. The molecular weight excluding hydrogens is 332 g/mol. The summed E-state index contributed by atoms with van der Waals surface area (Å²) in [6.07, 6.45) is 11.3.